The summed E-state index contributed by atoms with van der Waals surface area (Å²) in [6.45, 7) is 0. The van der Waals surface area contributed by atoms with Crippen LogP contribution >= 0.6 is 12.6 Å². The summed E-state index contributed by atoms with van der Waals surface area (Å²) >= 11 is 4.25. The highest BCUT2D eigenvalue weighted by atomic mass is 32.1. The second-order valence-corrected chi connectivity index (χ2v) is 4.06. The maximum Gasteiger partial charge on any atom is 0.0510 e. The largest absolute Gasteiger partial charge is 0.350 e. The van der Waals surface area contributed by atoms with Crippen LogP contribution in [0.5, 0.6) is 0 Å². The van der Waals surface area contributed by atoms with E-state index in [0.29, 0.717) is 0 Å². The van der Waals surface area contributed by atoms with Crippen LogP contribution in [0.3, 0.4) is 0 Å². The molecule has 2 rings (SSSR count). The number of benzene rings is 1. The quantitative estimate of drug-likeness (QED) is 0.735. The summed E-state index contributed by atoms with van der Waals surface area (Å²) < 4.78 is 2.20. The van der Waals surface area contributed by atoms with Crippen LogP contribution in [-0.4, -0.2) is 10.3 Å². The predicted molar refractivity (Wildman–Crippen MR) is 65.1 cm³/mol. The van der Waals surface area contributed by atoms with Gasteiger partial charge in [0.15, 0.2) is 0 Å². The van der Waals surface area contributed by atoms with Crippen molar-refractivity contribution < 1.29 is 0 Å². The summed E-state index contributed by atoms with van der Waals surface area (Å²) in [6, 6.07) is 8.68. The highest BCUT2D eigenvalue weighted by Crippen LogP contribution is 2.20. The maximum absolute atomic E-state index is 4.25. The van der Waals surface area contributed by atoms with Gasteiger partial charge in [-0.15, -0.1) is 0 Å². The van der Waals surface area contributed by atoms with Gasteiger partial charge in [0.05, 0.1) is 5.52 Å². The van der Waals surface area contributed by atoms with Crippen molar-refractivity contribution in [3.8, 4) is 0 Å². The Hall–Kier alpha value is -0.890. The van der Waals surface area contributed by atoms with E-state index >= 15 is 0 Å². The number of para-hydroxylation sites is 1. The van der Waals surface area contributed by atoms with Crippen molar-refractivity contribution in [1.29, 1.82) is 0 Å². The topological polar surface area (TPSA) is 4.93 Å². The summed E-state index contributed by atoms with van der Waals surface area (Å²) in [5.74, 6) is 0.959. The molecule has 1 nitrogen and oxygen atoms in total. The maximum atomic E-state index is 4.25. The molecule has 0 unspecified atom stereocenters. The minimum atomic E-state index is 0.959. The Morgan fingerprint density at radius 2 is 2.14 bits per heavy atom. The molecular weight excluding hydrogens is 190 g/mol. The summed E-state index contributed by atoms with van der Waals surface area (Å²) in [4.78, 5) is 0. The molecule has 0 spiro atoms. The molecule has 0 aliphatic carbocycles. The molecule has 1 aromatic carbocycles. The number of nitrogens with zero attached hydrogens (tertiary/aromatic N) is 1. The predicted octanol–water partition coefficient (Wildman–Crippen LogP) is 3.04. The highest BCUT2D eigenvalue weighted by Gasteiger charge is 2.03. The van der Waals surface area contributed by atoms with Gasteiger partial charge in [0.25, 0.3) is 0 Å². The van der Waals surface area contributed by atoms with Gasteiger partial charge in [0, 0.05) is 13.2 Å². The van der Waals surface area contributed by atoms with E-state index in [-0.39, 0.29) is 0 Å². The first kappa shape index (κ1) is 9.66. The summed E-state index contributed by atoms with van der Waals surface area (Å²) in [6.07, 6.45) is 4.39. The van der Waals surface area contributed by atoms with Crippen molar-refractivity contribution in [2.75, 3.05) is 5.75 Å². The van der Waals surface area contributed by atoms with Gasteiger partial charge in [0.2, 0.25) is 0 Å². The summed E-state index contributed by atoms with van der Waals surface area (Å²) in [5, 5.41) is 1.34. The molecule has 74 valence electrons. The van der Waals surface area contributed by atoms with Gasteiger partial charge in [0.1, 0.15) is 0 Å². The monoisotopic (exact) mass is 205 g/mol. The number of aryl methyl sites for hydroxylation is 2. The fourth-order valence-electron chi connectivity index (χ4n) is 1.91. The lowest BCUT2D eigenvalue weighted by Gasteiger charge is -2.04. The van der Waals surface area contributed by atoms with E-state index in [1.807, 2.05) is 0 Å². The zero-order valence-electron chi connectivity index (χ0n) is 8.40. The van der Waals surface area contributed by atoms with Gasteiger partial charge in [-0.3, -0.25) is 0 Å². The van der Waals surface area contributed by atoms with Crippen LogP contribution in [0.15, 0.2) is 30.5 Å². The minimum Gasteiger partial charge on any atom is -0.350 e. The molecule has 0 aliphatic rings. The van der Waals surface area contributed by atoms with Crippen LogP contribution in [0, 0.1) is 0 Å². The Labute approximate surface area is 90.1 Å². The Morgan fingerprint density at radius 1 is 1.29 bits per heavy atom. The van der Waals surface area contributed by atoms with Gasteiger partial charge >= 0.3 is 0 Å². The molecular formula is C12H15NS. The lowest BCUT2D eigenvalue weighted by molar-refractivity contribution is 0.912. The van der Waals surface area contributed by atoms with Crippen LogP contribution < -0.4 is 0 Å². The smallest absolute Gasteiger partial charge is 0.0510 e. The first-order valence-corrected chi connectivity index (χ1v) is 5.60. The van der Waals surface area contributed by atoms with Crippen molar-refractivity contribution >= 4 is 23.5 Å². The van der Waals surface area contributed by atoms with Gasteiger partial charge in [-0.2, -0.15) is 12.6 Å². The van der Waals surface area contributed by atoms with Crippen molar-refractivity contribution in [3.63, 3.8) is 0 Å². The molecule has 0 saturated carbocycles. The molecule has 0 aliphatic heterocycles. The molecule has 2 aromatic rings. The molecule has 0 N–H and O–H groups in total. The summed E-state index contributed by atoms with van der Waals surface area (Å²) in [5.41, 5.74) is 2.80. The van der Waals surface area contributed by atoms with Crippen LogP contribution in [0.2, 0.25) is 0 Å². The van der Waals surface area contributed by atoms with Crippen molar-refractivity contribution in [2.24, 2.45) is 7.05 Å². The third-order valence-electron chi connectivity index (χ3n) is 2.59. The number of hydrogen-bond acceptors (Lipinski definition) is 1. The second kappa shape index (κ2) is 4.09. The van der Waals surface area contributed by atoms with Crippen molar-refractivity contribution in [2.45, 2.75) is 12.8 Å². The number of aromatic nitrogens is 1. The number of hydrogen-bond donors (Lipinski definition) is 1. The SMILES string of the molecule is Cn1ccc2cccc(CCCS)c21. The fourth-order valence-corrected chi connectivity index (χ4v) is 2.07. The molecule has 1 aromatic heterocycles. The van der Waals surface area contributed by atoms with Gasteiger partial charge in [-0.25, -0.2) is 0 Å². The highest BCUT2D eigenvalue weighted by molar-refractivity contribution is 7.80. The Balaban J connectivity index is 2.46. The lowest BCUT2D eigenvalue weighted by Crippen LogP contribution is -1.92. The Morgan fingerprint density at radius 3 is 2.93 bits per heavy atom. The minimum absolute atomic E-state index is 0.959. The van der Waals surface area contributed by atoms with Crippen LogP contribution in [0.1, 0.15) is 12.0 Å². The third-order valence-corrected chi connectivity index (χ3v) is 2.90. The van der Waals surface area contributed by atoms with Crippen LogP contribution in [0.4, 0.5) is 0 Å². The average Bonchev–Trinajstić information content (AvgIpc) is 2.58. The number of fused-ring (bicyclic) bond motifs is 1. The first-order valence-electron chi connectivity index (χ1n) is 4.96. The summed E-state index contributed by atoms with van der Waals surface area (Å²) in [7, 11) is 2.10. The molecule has 1 heterocycles. The van der Waals surface area contributed by atoms with E-state index in [9.17, 15) is 0 Å². The third kappa shape index (κ3) is 1.67. The van der Waals surface area contributed by atoms with E-state index in [1.165, 1.54) is 16.5 Å². The number of thiol groups is 1. The average molecular weight is 205 g/mol. The Bertz CT molecular complexity index is 431. The molecule has 0 atom stereocenters. The van der Waals surface area contributed by atoms with Crippen LogP contribution in [0.25, 0.3) is 10.9 Å². The van der Waals surface area contributed by atoms with Crippen LogP contribution in [-0.2, 0) is 13.5 Å². The van der Waals surface area contributed by atoms with Gasteiger partial charge in [-0.1, -0.05) is 18.2 Å². The number of rotatable bonds is 3. The van der Waals surface area contributed by atoms with Gasteiger partial charge < -0.3 is 4.57 Å². The molecule has 0 amide bonds. The van der Waals surface area contributed by atoms with E-state index in [2.05, 4.69) is 54.7 Å². The first-order chi connectivity index (χ1) is 6.83. The standard InChI is InChI=1S/C12H15NS/c1-13-8-7-11-5-2-4-10(12(11)13)6-3-9-14/h2,4-5,7-8,14H,3,6,9H2,1H3. The second-order valence-electron chi connectivity index (χ2n) is 3.61. The zero-order chi connectivity index (χ0) is 9.97. The molecule has 0 saturated heterocycles. The fraction of sp³-hybridized carbons (Fsp3) is 0.333. The van der Waals surface area contributed by atoms with Gasteiger partial charge in [-0.05, 0) is 35.6 Å². The molecule has 2 heteroatoms. The Kier molecular flexibility index (Phi) is 2.82. The zero-order valence-corrected chi connectivity index (χ0v) is 9.30. The van der Waals surface area contributed by atoms with Crippen molar-refractivity contribution in [3.05, 3.63) is 36.0 Å². The molecule has 0 bridgehead atoms. The van der Waals surface area contributed by atoms with E-state index < -0.39 is 0 Å². The van der Waals surface area contributed by atoms with E-state index in [4.69, 9.17) is 0 Å². The van der Waals surface area contributed by atoms with E-state index in [0.717, 1.165) is 18.6 Å². The lowest BCUT2D eigenvalue weighted by atomic mass is 10.1. The van der Waals surface area contributed by atoms with E-state index in [1.54, 1.807) is 0 Å². The molecule has 0 fully saturated rings. The normalized spacial score (nSPS) is 11.0. The molecule has 0 radical (unpaired) electrons. The van der Waals surface area contributed by atoms with Crippen molar-refractivity contribution in [1.82, 2.24) is 4.57 Å². The molecule has 14 heavy (non-hydrogen) atoms.